The van der Waals surface area contributed by atoms with Gasteiger partial charge < -0.3 is 24.8 Å². The first kappa shape index (κ1) is 19.0. The van der Waals surface area contributed by atoms with Crippen LogP contribution in [0.4, 0.5) is 11.4 Å². The molecule has 0 aliphatic carbocycles. The van der Waals surface area contributed by atoms with E-state index in [2.05, 4.69) is 34.3 Å². The topological polar surface area (TPSA) is 65.0 Å². The summed E-state index contributed by atoms with van der Waals surface area (Å²) in [7, 11) is 1.27. The highest BCUT2D eigenvalue weighted by Crippen LogP contribution is 2.20. The number of aryl methyl sites for hydroxylation is 1. The maximum Gasteiger partial charge on any atom is 0.492 e. The molecule has 0 saturated carbocycles. The Morgan fingerprint density at radius 3 is 2.64 bits per heavy atom. The van der Waals surface area contributed by atoms with E-state index in [1.54, 1.807) is 0 Å². The molecule has 0 unspecified atom stereocenters. The number of rotatable bonds is 5. The predicted molar refractivity (Wildman–Crippen MR) is 112 cm³/mol. The van der Waals surface area contributed by atoms with Crippen LogP contribution in [0.25, 0.3) is 0 Å². The third-order valence-corrected chi connectivity index (χ3v) is 5.57. The summed E-state index contributed by atoms with van der Waals surface area (Å²) >= 11 is 0. The van der Waals surface area contributed by atoms with E-state index in [0.717, 1.165) is 48.5 Å². The zero-order chi connectivity index (χ0) is 19.5. The lowest BCUT2D eigenvalue weighted by Crippen LogP contribution is -2.44. The highest BCUT2D eigenvalue weighted by molar-refractivity contribution is 6.62. The van der Waals surface area contributed by atoms with Crippen LogP contribution in [0.2, 0.25) is 0 Å². The Bertz CT molecular complexity index is 835. The molecule has 146 valence electrons. The lowest BCUT2D eigenvalue weighted by atomic mass is 9.75. The van der Waals surface area contributed by atoms with E-state index in [1.165, 1.54) is 5.69 Å². The van der Waals surface area contributed by atoms with Gasteiger partial charge in [0.25, 0.3) is 0 Å². The van der Waals surface area contributed by atoms with Gasteiger partial charge >= 0.3 is 7.12 Å². The Kier molecular flexibility index (Phi) is 5.66. The minimum absolute atomic E-state index is 0.0293. The van der Waals surface area contributed by atoms with Crippen LogP contribution >= 0.6 is 0 Å². The smallest absolute Gasteiger partial charge is 0.423 e. The molecule has 1 saturated heterocycles. The van der Waals surface area contributed by atoms with Gasteiger partial charge in [0.15, 0.2) is 0 Å². The monoisotopic (exact) mass is 379 g/mol. The van der Waals surface area contributed by atoms with Gasteiger partial charge in [0.2, 0.25) is 5.91 Å². The van der Waals surface area contributed by atoms with Crippen molar-refractivity contribution in [1.82, 2.24) is 4.90 Å². The van der Waals surface area contributed by atoms with Crippen molar-refractivity contribution in [3.63, 3.8) is 0 Å². The number of carbonyl (C=O) groups is 1. The molecular weight excluding hydrogens is 353 g/mol. The number of likely N-dealkylation sites (N-methyl/N-ethyl adjacent to an activating group) is 1. The molecule has 6 nitrogen and oxygen atoms in total. The maximum absolute atomic E-state index is 12.4. The third-order valence-electron chi connectivity index (χ3n) is 5.57. The van der Waals surface area contributed by atoms with Crippen molar-refractivity contribution in [2.45, 2.75) is 19.4 Å². The first-order valence-electron chi connectivity index (χ1n) is 9.84. The van der Waals surface area contributed by atoms with Crippen molar-refractivity contribution >= 4 is 29.9 Å². The fourth-order valence-electron chi connectivity index (χ4n) is 3.87. The van der Waals surface area contributed by atoms with Gasteiger partial charge in [0.1, 0.15) is 0 Å². The normalized spacial score (nSPS) is 16.9. The summed E-state index contributed by atoms with van der Waals surface area (Å²) < 4.78 is 5.28. The second-order valence-electron chi connectivity index (χ2n) is 7.54. The maximum atomic E-state index is 12.4. The minimum Gasteiger partial charge on any atom is -0.423 e. The Hall–Kier alpha value is -2.35. The quantitative estimate of drug-likeness (QED) is 0.766. The SMILES string of the molecule is CN1CCN(c2ccc(NC(=O)CCc3cccc4c3B(O)OC4)cc2)CC1. The van der Waals surface area contributed by atoms with Crippen LogP contribution in [0.1, 0.15) is 17.5 Å². The van der Waals surface area contributed by atoms with E-state index in [4.69, 9.17) is 4.65 Å². The molecule has 28 heavy (non-hydrogen) atoms. The molecule has 0 bridgehead atoms. The van der Waals surface area contributed by atoms with Gasteiger partial charge in [0.05, 0.1) is 6.61 Å². The molecule has 2 N–H and O–H groups in total. The number of nitrogens with zero attached hydrogens (tertiary/aromatic N) is 2. The standard InChI is InChI=1S/C21H26BN3O3/c1-24-11-13-25(14-12-24)19-8-6-18(7-9-19)23-20(26)10-5-16-3-2-4-17-15-28-22(27)21(16)17/h2-4,6-9,27H,5,10-15H2,1H3,(H,23,26). The van der Waals surface area contributed by atoms with Crippen LogP contribution in [0.15, 0.2) is 42.5 Å². The van der Waals surface area contributed by atoms with Crippen molar-refractivity contribution in [3.05, 3.63) is 53.6 Å². The number of piperazine rings is 1. The number of nitrogens with one attached hydrogen (secondary N) is 1. The van der Waals surface area contributed by atoms with E-state index in [9.17, 15) is 9.82 Å². The fraction of sp³-hybridized carbons (Fsp3) is 0.381. The molecule has 2 aliphatic rings. The number of benzene rings is 2. The summed E-state index contributed by atoms with van der Waals surface area (Å²) in [6.07, 6.45) is 0.943. The Balaban J connectivity index is 1.32. The number of hydrogen-bond acceptors (Lipinski definition) is 5. The molecule has 2 heterocycles. The molecular formula is C21H26BN3O3. The lowest BCUT2D eigenvalue weighted by Gasteiger charge is -2.34. The minimum atomic E-state index is -0.878. The molecule has 0 radical (unpaired) electrons. The van der Waals surface area contributed by atoms with Crippen molar-refractivity contribution < 1.29 is 14.5 Å². The average molecular weight is 379 g/mol. The van der Waals surface area contributed by atoms with Gasteiger partial charge in [0, 0.05) is 44.0 Å². The average Bonchev–Trinajstić information content (AvgIpc) is 3.09. The summed E-state index contributed by atoms with van der Waals surface area (Å²) in [5, 5.41) is 13.0. The van der Waals surface area contributed by atoms with Crippen LogP contribution in [0, 0.1) is 0 Å². The summed E-state index contributed by atoms with van der Waals surface area (Å²) in [6.45, 7) is 4.62. The second kappa shape index (κ2) is 8.35. The number of fused-ring (bicyclic) bond motifs is 1. The predicted octanol–water partition coefficient (Wildman–Crippen LogP) is 1.23. The zero-order valence-corrected chi connectivity index (χ0v) is 16.2. The van der Waals surface area contributed by atoms with E-state index in [-0.39, 0.29) is 5.91 Å². The van der Waals surface area contributed by atoms with Crippen LogP contribution in [-0.4, -0.2) is 56.2 Å². The van der Waals surface area contributed by atoms with E-state index < -0.39 is 7.12 Å². The van der Waals surface area contributed by atoms with Crippen molar-refractivity contribution in [2.24, 2.45) is 0 Å². The largest absolute Gasteiger partial charge is 0.492 e. The van der Waals surface area contributed by atoms with Gasteiger partial charge in [-0.25, -0.2) is 0 Å². The van der Waals surface area contributed by atoms with Crippen molar-refractivity contribution in [3.8, 4) is 0 Å². The Morgan fingerprint density at radius 1 is 1.14 bits per heavy atom. The van der Waals surface area contributed by atoms with Gasteiger partial charge in [-0.05, 0) is 54.3 Å². The first-order valence-corrected chi connectivity index (χ1v) is 9.84. The molecule has 2 aliphatic heterocycles. The fourth-order valence-corrected chi connectivity index (χ4v) is 3.87. The number of anilines is 2. The Labute approximate surface area is 166 Å². The van der Waals surface area contributed by atoms with Crippen LogP contribution in [-0.2, 0) is 22.5 Å². The molecule has 0 spiro atoms. The molecule has 4 rings (SSSR count). The summed E-state index contributed by atoms with van der Waals surface area (Å²) in [6, 6.07) is 13.9. The van der Waals surface area contributed by atoms with Crippen molar-refractivity contribution in [2.75, 3.05) is 43.4 Å². The van der Waals surface area contributed by atoms with Crippen LogP contribution in [0.5, 0.6) is 0 Å². The second-order valence-corrected chi connectivity index (χ2v) is 7.54. The summed E-state index contributed by atoms with van der Waals surface area (Å²) in [4.78, 5) is 17.1. The highest BCUT2D eigenvalue weighted by Gasteiger charge is 2.29. The van der Waals surface area contributed by atoms with Crippen LogP contribution in [0.3, 0.4) is 0 Å². The molecule has 1 fully saturated rings. The Morgan fingerprint density at radius 2 is 1.89 bits per heavy atom. The van der Waals surface area contributed by atoms with Gasteiger partial charge in [-0.3, -0.25) is 4.79 Å². The molecule has 2 aromatic carbocycles. The third kappa shape index (κ3) is 4.22. The van der Waals surface area contributed by atoms with Crippen molar-refractivity contribution in [1.29, 1.82) is 0 Å². The summed E-state index contributed by atoms with van der Waals surface area (Å²) in [5.74, 6) is -0.0293. The molecule has 0 atom stereocenters. The number of carbonyl (C=O) groups excluding carboxylic acids is 1. The van der Waals surface area contributed by atoms with Gasteiger partial charge in [-0.15, -0.1) is 0 Å². The number of hydrogen-bond donors (Lipinski definition) is 2. The first-order chi connectivity index (χ1) is 13.6. The van der Waals surface area contributed by atoms with Crippen LogP contribution < -0.4 is 15.7 Å². The number of amides is 1. The zero-order valence-electron chi connectivity index (χ0n) is 16.2. The lowest BCUT2D eigenvalue weighted by molar-refractivity contribution is -0.116. The van der Waals surface area contributed by atoms with E-state index in [0.29, 0.717) is 19.4 Å². The molecule has 2 aromatic rings. The van der Waals surface area contributed by atoms with E-state index >= 15 is 0 Å². The molecule has 0 aromatic heterocycles. The molecule has 1 amide bonds. The van der Waals surface area contributed by atoms with E-state index in [1.807, 2.05) is 30.3 Å². The molecule has 7 heteroatoms. The van der Waals surface area contributed by atoms with Gasteiger partial charge in [-0.1, -0.05) is 18.2 Å². The highest BCUT2D eigenvalue weighted by atomic mass is 16.5. The van der Waals surface area contributed by atoms with Gasteiger partial charge in [-0.2, -0.15) is 0 Å². The summed E-state index contributed by atoms with van der Waals surface area (Å²) in [5.41, 5.74) is 4.81.